The van der Waals surface area contributed by atoms with Crippen molar-refractivity contribution in [3.8, 4) is 0 Å². The van der Waals surface area contributed by atoms with E-state index in [1.54, 1.807) is 11.8 Å². The van der Waals surface area contributed by atoms with E-state index < -0.39 is 0 Å². The van der Waals surface area contributed by atoms with E-state index in [0.29, 0.717) is 10.9 Å². The molecule has 0 unspecified atom stereocenters. The largest absolute Gasteiger partial charge is 0.300 e. The van der Waals surface area contributed by atoms with Crippen molar-refractivity contribution in [2.24, 2.45) is 0 Å². The molecular formula is C22H25N3OS2. The van der Waals surface area contributed by atoms with Gasteiger partial charge in [-0.1, -0.05) is 91.8 Å². The van der Waals surface area contributed by atoms with Crippen LogP contribution in [-0.2, 0) is 11.2 Å². The van der Waals surface area contributed by atoms with Gasteiger partial charge in [-0.3, -0.25) is 10.1 Å². The number of unbranched alkanes of at least 4 members (excludes halogenated alkanes) is 2. The third-order valence-electron chi connectivity index (χ3n) is 4.29. The number of thioether (sulfide) groups is 1. The number of rotatable bonds is 10. The van der Waals surface area contributed by atoms with Crippen molar-refractivity contribution in [1.82, 2.24) is 10.2 Å². The van der Waals surface area contributed by atoms with Crippen LogP contribution in [0.4, 0.5) is 5.13 Å². The molecule has 0 saturated heterocycles. The molecule has 3 rings (SSSR count). The molecule has 6 heteroatoms. The molecule has 1 N–H and O–H groups in total. The summed E-state index contributed by atoms with van der Waals surface area (Å²) in [4.78, 5) is 12.5. The van der Waals surface area contributed by atoms with Crippen LogP contribution < -0.4 is 5.32 Å². The number of anilines is 1. The van der Waals surface area contributed by atoms with Gasteiger partial charge < -0.3 is 0 Å². The van der Waals surface area contributed by atoms with Crippen LogP contribution in [0.2, 0.25) is 0 Å². The fourth-order valence-electron chi connectivity index (χ4n) is 2.89. The molecule has 0 atom stereocenters. The predicted octanol–water partition coefficient (Wildman–Crippen LogP) is 5.73. The summed E-state index contributed by atoms with van der Waals surface area (Å²) >= 11 is 3.10. The number of aromatic nitrogens is 2. The summed E-state index contributed by atoms with van der Waals surface area (Å²) in [5.41, 5.74) is 2.39. The topological polar surface area (TPSA) is 54.9 Å². The van der Waals surface area contributed by atoms with Crippen molar-refractivity contribution in [3.63, 3.8) is 0 Å². The lowest BCUT2D eigenvalue weighted by molar-refractivity contribution is -0.113. The lowest BCUT2D eigenvalue weighted by Gasteiger charge is -2.17. The smallest absolute Gasteiger partial charge is 0.236 e. The van der Waals surface area contributed by atoms with Gasteiger partial charge in [0.25, 0.3) is 0 Å². The predicted molar refractivity (Wildman–Crippen MR) is 119 cm³/mol. The maximum absolute atomic E-state index is 12.5. The first-order valence-corrected chi connectivity index (χ1v) is 11.5. The van der Waals surface area contributed by atoms with Crippen molar-refractivity contribution in [2.75, 3.05) is 11.1 Å². The lowest BCUT2D eigenvalue weighted by atomic mass is 10.0. The Balaban J connectivity index is 1.58. The van der Waals surface area contributed by atoms with Gasteiger partial charge in [-0.15, -0.1) is 22.0 Å². The van der Waals surface area contributed by atoms with E-state index in [0.717, 1.165) is 17.8 Å². The Morgan fingerprint density at radius 1 is 1.00 bits per heavy atom. The normalized spacial score (nSPS) is 10.9. The average molecular weight is 412 g/mol. The molecule has 1 amide bonds. The zero-order chi connectivity index (χ0) is 19.6. The summed E-state index contributed by atoms with van der Waals surface area (Å²) in [6, 6.07) is 20.6. The van der Waals surface area contributed by atoms with E-state index in [1.165, 1.54) is 35.3 Å². The summed E-state index contributed by atoms with van der Waals surface area (Å²) in [7, 11) is 0. The van der Waals surface area contributed by atoms with E-state index in [9.17, 15) is 4.79 Å². The Morgan fingerprint density at radius 2 is 1.64 bits per heavy atom. The van der Waals surface area contributed by atoms with E-state index in [-0.39, 0.29) is 11.2 Å². The van der Waals surface area contributed by atoms with Crippen LogP contribution in [0, 0.1) is 0 Å². The van der Waals surface area contributed by atoms with Crippen LogP contribution in [0.3, 0.4) is 0 Å². The lowest BCUT2D eigenvalue weighted by Crippen LogP contribution is -2.15. The van der Waals surface area contributed by atoms with Crippen LogP contribution in [0.5, 0.6) is 0 Å². The molecule has 28 heavy (non-hydrogen) atoms. The fourth-order valence-corrected chi connectivity index (χ4v) is 4.77. The summed E-state index contributed by atoms with van der Waals surface area (Å²) in [6.45, 7) is 2.18. The maximum Gasteiger partial charge on any atom is 0.236 e. The number of nitrogens with one attached hydrogen (secondary N) is 1. The van der Waals surface area contributed by atoms with Crippen molar-refractivity contribution in [1.29, 1.82) is 0 Å². The molecule has 0 saturated carbocycles. The van der Waals surface area contributed by atoms with Gasteiger partial charge in [0.1, 0.15) is 5.01 Å². The molecule has 0 radical (unpaired) electrons. The first-order valence-electron chi connectivity index (χ1n) is 9.60. The van der Waals surface area contributed by atoms with Gasteiger partial charge in [0.15, 0.2) is 0 Å². The highest BCUT2D eigenvalue weighted by atomic mass is 32.2. The van der Waals surface area contributed by atoms with Crippen LogP contribution in [0.1, 0.15) is 47.6 Å². The van der Waals surface area contributed by atoms with E-state index in [1.807, 2.05) is 36.4 Å². The summed E-state index contributed by atoms with van der Waals surface area (Å²) in [5.74, 6) is 0.317. The van der Waals surface area contributed by atoms with Gasteiger partial charge in [-0.05, 0) is 17.5 Å². The summed E-state index contributed by atoms with van der Waals surface area (Å²) in [6.07, 6.45) is 4.42. The Hall–Kier alpha value is -2.18. The molecule has 0 aliphatic rings. The van der Waals surface area contributed by atoms with Crippen molar-refractivity contribution in [2.45, 2.75) is 37.9 Å². The van der Waals surface area contributed by atoms with Crippen LogP contribution in [0.25, 0.3) is 0 Å². The second-order valence-electron chi connectivity index (χ2n) is 6.52. The number of amides is 1. The minimum Gasteiger partial charge on any atom is -0.300 e. The van der Waals surface area contributed by atoms with Gasteiger partial charge in [0, 0.05) is 6.42 Å². The summed E-state index contributed by atoms with van der Waals surface area (Å²) in [5, 5.41) is 12.9. The first-order chi connectivity index (χ1) is 13.8. The second-order valence-corrected chi connectivity index (χ2v) is 8.67. The maximum atomic E-state index is 12.5. The quantitative estimate of drug-likeness (QED) is 0.433. The molecule has 0 spiro atoms. The minimum atomic E-state index is -0.0434. The number of hydrogen-bond donors (Lipinski definition) is 1. The van der Waals surface area contributed by atoms with Gasteiger partial charge in [-0.2, -0.15) is 0 Å². The summed E-state index contributed by atoms with van der Waals surface area (Å²) < 4.78 is 0. The molecule has 1 heterocycles. The van der Waals surface area contributed by atoms with Gasteiger partial charge in [0.05, 0.1) is 11.0 Å². The van der Waals surface area contributed by atoms with Crippen LogP contribution >= 0.6 is 23.1 Å². The third kappa shape index (κ3) is 6.17. The molecular weight excluding hydrogens is 386 g/mol. The van der Waals surface area contributed by atoms with Crippen molar-refractivity contribution < 1.29 is 4.79 Å². The third-order valence-corrected chi connectivity index (χ3v) is 6.50. The minimum absolute atomic E-state index is 0.0434. The fraction of sp³-hybridized carbons (Fsp3) is 0.318. The van der Waals surface area contributed by atoms with Crippen LogP contribution in [0.15, 0.2) is 60.7 Å². The zero-order valence-corrected chi connectivity index (χ0v) is 17.6. The van der Waals surface area contributed by atoms with Gasteiger partial charge in [-0.25, -0.2) is 0 Å². The number of hydrogen-bond acceptors (Lipinski definition) is 5. The van der Waals surface area contributed by atoms with Gasteiger partial charge >= 0.3 is 0 Å². The molecule has 4 nitrogen and oxygen atoms in total. The monoisotopic (exact) mass is 411 g/mol. The molecule has 146 valence electrons. The zero-order valence-electron chi connectivity index (χ0n) is 16.0. The number of benzene rings is 2. The molecule has 0 fully saturated rings. The van der Waals surface area contributed by atoms with Gasteiger partial charge in [0.2, 0.25) is 11.0 Å². The Bertz CT molecular complexity index is 813. The van der Waals surface area contributed by atoms with Crippen LogP contribution in [-0.4, -0.2) is 21.9 Å². The van der Waals surface area contributed by atoms with E-state index in [2.05, 4.69) is 46.7 Å². The Labute approximate surface area is 174 Å². The first kappa shape index (κ1) is 20.6. The highest BCUT2D eigenvalue weighted by Gasteiger charge is 2.17. The van der Waals surface area contributed by atoms with Crippen molar-refractivity contribution in [3.05, 3.63) is 76.8 Å². The highest BCUT2D eigenvalue weighted by molar-refractivity contribution is 8.00. The van der Waals surface area contributed by atoms with E-state index >= 15 is 0 Å². The molecule has 0 aliphatic heterocycles. The second kappa shape index (κ2) is 11.0. The molecule has 2 aromatic carbocycles. The standard InChI is InChI=1S/C22H25N3OS2/c1-2-3-6-15-20-24-25-22(28-20)23-19(26)16-27-21(17-11-7-4-8-12-17)18-13-9-5-10-14-18/h4-5,7-14,21H,2-3,6,15-16H2,1H3,(H,23,25,26). The van der Waals surface area contributed by atoms with E-state index in [4.69, 9.17) is 0 Å². The Morgan fingerprint density at radius 3 is 2.25 bits per heavy atom. The molecule has 0 aliphatic carbocycles. The number of nitrogens with zero attached hydrogens (tertiary/aromatic N) is 2. The molecule has 3 aromatic rings. The SMILES string of the molecule is CCCCCc1nnc(NC(=O)CSC(c2ccccc2)c2ccccc2)s1. The molecule has 0 bridgehead atoms. The number of carbonyl (C=O) groups excluding carboxylic acids is 1. The highest BCUT2D eigenvalue weighted by Crippen LogP contribution is 2.35. The number of carbonyl (C=O) groups is 1. The van der Waals surface area contributed by atoms with Crippen molar-refractivity contribution >= 4 is 34.1 Å². The Kier molecular flexibility index (Phi) is 8.06. The average Bonchev–Trinajstić information content (AvgIpc) is 3.17. The number of aryl methyl sites for hydroxylation is 1. The molecule has 1 aromatic heterocycles.